The molecule has 2 unspecified atom stereocenters. The molecule has 73 heavy (non-hydrogen) atoms. The summed E-state index contributed by atoms with van der Waals surface area (Å²) < 4.78 is 32.9. The second-order valence-electron chi connectivity index (χ2n) is 18.4. The monoisotopic (exact) mass is 1030 g/mol. The van der Waals surface area contributed by atoms with Crippen LogP contribution in [0.1, 0.15) is 219 Å². The van der Waals surface area contributed by atoms with Gasteiger partial charge in [0.1, 0.15) is 6.61 Å². The highest BCUT2D eigenvalue weighted by molar-refractivity contribution is 7.47. The van der Waals surface area contributed by atoms with Gasteiger partial charge in [-0.1, -0.05) is 231 Å². The Balaban J connectivity index is 3.95. The lowest BCUT2D eigenvalue weighted by atomic mass is 10.0. The van der Waals surface area contributed by atoms with E-state index in [0.717, 1.165) is 128 Å². The van der Waals surface area contributed by atoms with Gasteiger partial charge in [-0.15, -0.1) is 0 Å². The number of carbonyl (C=O) groups excluding carboxylic acids is 2. The molecule has 0 saturated heterocycles. The van der Waals surface area contributed by atoms with Gasteiger partial charge in [-0.25, -0.2) is 4.57 Å². The summed E-state index contributed by atoms with van der Waals surface area (Å²) in [5, 5.41) is 0. The number of esters is 2. The number of carbonyl (C=O) groups is 2. The summed E-state index contributed by atoms with van der Waals surface area (Å²) in [6.45, 7) is 3.52. The maximum atomic E-state index is 12.7. The third-order valence-electron chi connectivity index (χ3n) is 11.5. The number of rotatable bonds is 52. The molecule has 3 N–H and O–H groups in total. The molecule has 414 valence electrons. The molecule has 0 spiro atoms. The number of phosphoric acid groups is 1. The zero-order valence-electron chi connectivity index (χ0n) is 46.1. The number of unbranched alkanes of at least 4 members (excludes halogenated alkanes) is 17. The lowest BCUT2D eigenvalue weighted by Crippen LogP contribution is -2.29. The quantitative estimate of drug-likeness (QED) is 0.0264. The van der Waals surface area contributed by atoms with Gasteiger partial charge >= 0.3 is 19.8 Å². The number of hydrogen-bond acceptors (Lipinski definition) is 8. The molecule has 0 aliphatic carbocycles. The molecule has 0 amide bonds. The van der Waals surface area contributed by atoms with E-state index in [-0.39, 0.29) is 32.6 Å². The summed E-state index contributed by atoms with van der Waals surface area (Å²) in [6.07, 6.45) is 80.9. The molecular weight excluding hydrogens is 930 g/mol. The van der Waals surface area contributed by atoms with Crippen LogP contribution in [0.2, 0.25) is 0 Å². The maximum absolute atomic E-state index is 12.7. The minimum absolute atomic E-state index is 0.0450. The first-order chi connectivity index (χ1) is 35.8. The van der Waals surface area contributed by atoms with Gasteiger partial charge in [-0.05, 0) is 109 Å². The lowest BCUT2D eigenvalue weighted by molar-refractivity contribution is -0.161. The van der Waals surface area contributed by atoms with Gasteiger partial charge in [-0.2, -0.15) is 0 Å². The fourth-order valence-corrected chi connectivity index (χ4v) is 8.08. The van der Waals surface area contributed by atoms with E-state index in [1.165, 1.54) is 51.4 Å². The van der Waals surface area contributed by atoms with Crippen LogP contribution in [0.4, 0.5) is 0 Å². The molecule has 0 aromatic rings. The Labute approximate surface area is 446 Å². The minimum Gasteiger partial charge on any atom is -0.462 e. The SMILES string of the molecule is CC/C=C\C/C=C\C/C=C\C/C=C\C/C=C\C/C=C\C/C=C\C/C=C\C/C=C\CCCCCCCCCCCCCC(=O)OC(COC(=O)CCCCCCC/C=C\C/C=C\CCC)COP(=O)(O)OCCN. The topological polar surface area (TPSA) is 134 Å². The van der Waals surface area contributed by atoms with E-state index in [1.807, 2.05) is 0 Å². The standard InChI is InChI=1S/C63H104NO8P/c1-3-5-7-9-11-13-15-17-18-19-20-21-22-23-24-25-26-27-28-29-30-31-32-33-34-35-36-37-38-39-40-41-42-44-46-48-50-52-54-56-63(66)72-61(60-71-73(67,68)70-58-57-64)59-69-62(65)55-53-51-49-47-45-43-16-14-12-10-8-6-4-2/h5,7-8,10-11,13-14,16-18,20-21,23-24,26-27,29-30,32-33,35-36,61H,3-4,6,9,12,15,19,22,25,28,31,34,37-60,64H2,1-2H3,(H,67,68)/b7-5-,10-8-,13-11-,16-14-,18-17-,21-20-,24-23-,27-26-,30-29-,33-32-,36-35-. The largest absolute Gasteiger partial charge is 0.472 e. The van der Waals surface area contributed by atoms with E-state index in [1.54, 1.807) is 0 Å². The van der Waals surface area contributed by atoms with Gasteiger partial charge in [0.05, 0.1) is 13.2 Å². The normalized spacial score (nSPS) is 14.1. The summed E-state index contributed by atoms with van der Waals surface area (Å²) in [5.74, 6) is -0.856. The summed E-state index contributed by atoms with van der Waals surface area (Å²) in [5.41, 5.74) is 5.37. The summed E-state index contributed by atoms with van der Waals surface area (Å²) in [6, 6.07) is 0. The van der Waals surface area contributed by atoms with Crippen molar-refractivity contribution in [2.45, 2.75) is 225 Å². The Morgan fingerprint density at radius 2 is 0.753 bits per heavy atom. The molecule has 9 nitrogen and oxygen atoms in total. The minimum atomic E-state index is -4.39. The van der Waals surface area contributed by atoms with Crippen molar-refractivity contribution in [2.24, 2.45) is 5.73 Å². The Hall–Kier alpha value is -3.85. The molecular formula is C63H104NO8P. The molecule has 0 bridgehead atoms. The van der Waals surface area contributed by atoms with Crippen LogP contribution in [0.15, 0.2) is 134 Å². The lowest BCUT2D eigenvalue weighted by Gasteiger charge is -2.19. The Bertz CT molecular complexity index is 1650. The fraction of sp³-hybridized carbons (Fsp3) is 0.619. The smallest absolute Gasteiger partial charge is 0.462 e. The molecule has 0 fully saturated rings. The Kier molecular flexibility index (Phi) is 54.4. The van der Waals surface area contributed by atoms with Crippen molar-refractivity contribution < 1.29 is 37.6 Å². The maximum Gasteiger partial charge on any atom is 0.472 e. The van der Waals surface area contributed by atoms with Crippen LogP contribution in [-0.4, -0.2) is 49.3 Å². The van der Waals surface area contributed by atoms with E-state index in [2.05, 4.69) is 148 Å². The number of ether oxygens (including phenoxy) is 2. The third-order valence-corrected chi connectivity index (χ3v) is 12.5. The van der Waals surface area contributed by atoms with Crippen LogP contribution in [0.3, 0.4) is 0 Å². The molecule has 0 radical (unpaired) electrons. The molecule has 2 atom stereocenters. The van der Waals surface area contributed by atoms with Gasteiger partial charge in [0.2, 0.25) is 0 Å². The van der Waals surface area contributed by atoms with Crippen molar-refractivity contribution >= 4 is 19.8 Å². The van der Waals surface area contributed by atoms with Crippen molar-refractivity contribution in [3.63, 3.8) is 0 Å². The second-order valence-corrected chi connectivity index (χ2v) is 19.9. The van der Waals surface area contributed by atoms with Crippen LogP contribution in [-0.2, 0) is 32.7 Å². The van der Waals surface area contributed by atoms with Gasteiger partial charge in [0, 0.05) is 19.4 Å². The first-order valence-corrected chi connectivity index (χ1v) is 30.2. The molecule has 0 saturated carbocycles. The average Bonchev–Trinajstić information content (AvgIpc) is 3.38. The highest BCUT2D eigenvalue weighted by atomic mass is 31.2. The Morgan fingerprint density at radius 3 is 1.12 bits per heavy atom. The van der Waals surface area contributed by atoms with E-state index in [0.29, 0.717) is 12.8 Å². The zero-order valence-corrected chi connectivity index (χ0v) is 47.0. The van der Waals surface area contributed by atoms with E-state index in [9.17, 15) is 19.0 Å². The van der Waals surface area contributed by atoms with Crippen molar-refractivity contribution in [3.05, 3.63) is 134 Å². The van der Waals surface area contributed by atoms with Crippen LogP contribution in [0.25, 0.3) is 0 Å². The highest BCUT2D eigenvalue weighted by Crippen LogP contribution is 2.43. The van der Waals surface area contributed by atoms with Crippen molar-refractivity contribution in [3.8, 4) is 0 Å². The second kappa shape index (κ2) is 57.4. The average molecular weight is 1030 g/mol. The van der Waals surface area contributed by atoms with Crippen molar-refractivity contribution in [1.29, 1.82) is 0 Å². The van der Waals surface area contributed by atoms with Crippen LogP contribution in [0, 0.1) is 0 Å². The van der Waals surface area contributed by atoms with Crippen LogP contribution >= 0.6 is 7.82 Å². The summed E-state index contributed by atoms with van der Waals surface area (Å²) >= 11 is 0. The number of nitrogens with two attached hydrogens (primary N) is 1. The number of allylic oxidation sites excluding steroid dienone is 22. The molecule has 0 aromatic carbocycles. The first-order valence-electron chi connectivity index (χ1n) is 28.7. The van der Waals surface area contributed by atoms with Gasteiger partial charge in [0.25, 0.3) is 0 Å². The van der Waals surface area contributed by atoms with Crippen molar-refractivity contribution in [1.82, 2.24) is 0 Å². The molecule has 0 rings (SSSR count). The molecule has 10 heteroatoms. The van der Waals surface area contributed by atoms with Gasteiger partial charge in [-0.3, -0.25) is 18.6 Å². The molecule has 0 aliphatic heterocycles. The third kappa shape index (κ3) is 57.3. The van der Waals surface area contributed by atoms with Crippen LogP contribution < -0.4 is 5.73 Å². The van der Waals surface area contributed by atoms with Gasteiger partial charge < -0.3 is 20.1 Å². The fourth-order valence-electron chi connectivity index (χ4n) is 7.31. The predicted octanol–water partition coefficient (Wildman–Crippen LogP) is 18.2. The molecule has 0 aliphatic rings. The molecule has 0 heterocycles. The highest BCUT2D eigenvalue weighted by Gasteiger charge is 2.26. The van der Waals surface area contributed by atoms with Gasteiger partial charge in [0.15, 0.2) is 6.10 Å². The Morgan fingerprint density at radius 1 is 0.425 bits per heavy atom. The molecule has 0 aromatic heterocycles. The van der Waals surface area contributed by atoms with E-state index >= 15 is 0 Å². The van der Waals surface area contributed by atoms with E-state index in [4.69, 9.17) is 24.3 Å². The number of phosphoric ester groups is 1. The predicted molar refractivity (Wildman–Crippen MR) is 311 cm³/mol. The first kappa shape index (κ1) is 69.2. The summed E-state index contributed by atoms with van der Waals surface area (Å²) in [4.78, 5) is 35.1. The summed E-state index contributed by atoms with van der Waals surface area (Å²) in [7, 11) is -4.39. The number of hydrogen-bond donors (Lipinski definition) is 2. The zero-order chi connectivity index (χ0) is 53.1. The van der Waals surface area contributed by atoms with E-state index < -0.39 is 32.5 Å². The van der Waals surface area contributed by atoms with Crippen LogP contribution in [0.5, 0.6) is 0 Å². The van der Waals surface area contributed by atoms with Crippen molar-refractivity contribution in [2.75, 3.05) is 26.4 Å².